The van der Waals surface area contributed by atoms with Crippen molar-refractivity contribution in [1.82, 2.24) is 10.2 Å². The lowest BCUT2D eigenvalue weighted by atomic mass is 10.3. The van der Waals surface area contributed by atoms with Gasteiger partial charge in [-0.05, 0) is 15.9 Å². The van der Waals surface area contributed by atoms with Crippen LogP contribution in [0.15, 0.2) is 15.5 Å². The summed E-state index contributed by atoms with van der Waals surface area (Å²) >= 11 is 3.06. The third kappa shape index (κ3) is 2.79. The van der Waals surface area contributed by atoms with Crippen LogP contribution in [0.3, 0.4) is 0 Å². The summed E-state index contributed by atoms with van der Waals surface area (Å²) < 4.78 is 0.317. The topological polar surface area (TPSA) is 98.2 Å². The van der Waals surface area contributed by atoms with E-state index in [1.165, 1.54) is 6.20 Å². The third-order valence-electron chi connectivity index (χ3n) is 1.53. The lowest BCUT2D eigenvalue weighted by molar-refractivity contribution is 0.105. The summed E-state index contributed by atoms with van der Waals surface area (Å²) in [5, 5.41) is 26.2. The maximum atomic E-state index is 11.0. The predicted molar refractivity (Wildman–Crippen MR) is 54.1 cm³/mol. The van der Waals surface area contributed by atoms with E-state index in [1.54, 1.807) is 0 Å². The van der Waals surface area contributed by atoms with Crippen LogP contribution in [0.4, 0.5) is 5.69 Å². The fourth-order valence-electron chi connectivity index (χ4n) is 0.799. The van der Waals surface area contributed by atoms with Gasteiger partial charge in [-0.3, -0.25) is 4.79 Å². The molecule has 78 valence electrons. The Morgan fingerprint density at radius 2 is 2.43 bits per heavy atom. The van der Waals surface area contributed by atoms with Gasteiger partial charge in [-0.2, -0.15) is 5.10 Å². The average molecular weight is 264 g/mol. The molecule has 6 nitrogen and oxygen atoms in total. The van der Waals surface area contributed by atoms with Crippen molar-refractivity contribution in [3.05, 3.63) is 21.0 Å². The van der Waals surface area contributed by atoms with E-state index in [-0.39, 0.29) is 18.7 Å². The van der Waals surface area contributed by atoms with Crippen molar-refractivity contribution < 1.29 is 10.2 Å². The zero-order valence-corrected chi connectivity index (χ0v) is 8.78. The van der Waals surface area contributed by atoms with Gasteiger partial charge in [-0.1, -0.05) is 0 Å². The van der Waals surface area contributed by atoms with Gasteiger partial charge in [0.2, 0.25) is 0 Å². The van der Waals surface area contributed by atoms with Crippen LogP contribution >= 0.6 is 15.9 Å². The molecule has 0 saturated heterocycles. The normalized spacial score (nSPS) is 12.5. The van der Waals surface area contributed by atoms with Gasteiger partial charge < -0.3 is 15.5 Å². The molecule has 0 aliphatic heterocycles. The van der Waals surface area contributed by atoms with Crippen molar-refractivity contribution in [3.8, 4) is 0 Å². The fourth-order valence-corrected chi connectivity index (χ4v) is 1.13. The Kier molecular flexibility index (Phi) is 4.05. The van der Waals surface area contributed by atoms with Crippen molar-refractivity contribution in [2.24, 2.45) is 0 Å². The molecule has 14 heavy (non-hydrogen) atoms. The van der Waals surface area contributed by atoms with E-state index >= 15 is 0 Å². The Bertz CT molecular complexity index is 354. The van der Waals surface area contributed by atoms with Crippen LogP contribution in [0, 0.1) is 0 Å². The van der Waals surface area contributed by atoms with E-state index in [9.17, 15) is 4.79 Å². The van der Waals surface area contributed by atoms with E-state index in [0.29, 0.717) is 10.2 Å². The summed E-state index contributed by atoms with van der Waals surface area (Å²) in [5.41, 5.74) is 0.120. The van der Waals surface area contributed by atoms with Crippen LogP contribution in [0.1, 0.15) is 0 Å². The van der Waals surface area contributed by atoms with Crippen LogP contribution in [0.25, 0.3) is 0 Å². The number of aliphatic hydroxyl groups excluding tert-OH is 2. The molecule has 1 heterocycles. The third-order valence-corrected chi connectivity index (χ3v) is 2.32. The molecule has 4 N–H and O–H groups in total. The van der Waals surface area contributed by atoms with Gasteiger partial charge in [0.1, 0.15) is 4.47 Å². The average Bonchev–Trinajstić information content (AvgIpc) is 2.20. The first-order valence-corrected chi connectivity index (χ1v) is 4.70. The highest BCUT2D eigenvalue weighted by Gasteiger charge is 2.06. The van der Waals surface area contributed by atoms with Gasteiger partial charge in [0, 0.05) is 6.54 Å². The molecular weight excluding hydrogens is 254 g/mol. The molecule has 0 radical (unpaired) electrons. The number of aliphatic hydroxyl groups is 2. The second-order valence-electron chi connectivity index (χ2n) is 2.64. The quantitative estimate of drug-likeness (QED) is 0.576. The Balaban J connectivity index is 2.68. The van der Waals surface area contributed by atoms with Crippen molar-refractivity contribution in [1.29, 1.82) is 0 Å². The number of halogens is 1. The SMILES string of the molecule is O=c1[nH]ncc(NCC(O)CO)c1Br. The molecule has 0 spiro atoms. The Morgan fingerprint density at radius 1 is 1.71 bits per heavy atom. The standard InChI is InChI=1S/C7H10BrN3O3/c8-6-5(2-10-11-7(6)14)9-1-4(13)3-12/h2,4,12-13H,1,3H2,(H2,9,11,14). The van der Waals surface area contributed by atoms with Crippen LogP contribution in [-0.4, -0.2) is 39.7 Å². The van der Waals surface area contributed by atoms with Crippen molar-refractivity contribution in [2.75, 3.05) is 18.5 Å². The molecule has 0 fully saturated rings. The molecule has 0 aliphatic carbocycles. The smallest absolute Gasteiger partial charge is 0.280 e. The zero-order chi connectivity index (χ0) is 10.6. The van der Waals surface area contributed by atoms with Crippen LogP contribution in [0.2, 0.25) is 0 Å². The van der Waals surface area contributed by atoms with Crippen molar-refractivity contribution in [3.63, 3.8) is 0 Å². The number of hydrogen-bond donors (Lipinski definition) is 4. The van der Waals surface area contributed by atoms with Crippen LogP contribution in [-0.2, 0) is 0 Å². The molecule has 0 aliphatic rings. The number of aromatic amines is 1. The number of nitrogens with one attached hydrogen (secondary N) is 2. The lowest BCUT2D eigenvalue weighted by Crippen LogP contribution is -2.24. The molecule has 1 aromatic rings. The number of hydrogen-bond acceptors (Lipinski definition) is 5. The highest BCUT2D eigenvalue weighted by molar-refractivity contribution is 9.10. The van der Waals surface area contributed by atoms with Crippen molar-refractivity contribution in [2.45, 2.75) is 6.10 Å². The minimum atomic E-state index is -0.860. The fraction of sp³-hybridized carbons (Fsp3) is 0.429. The predicted octanol–water partition coefficient (Wildman–Crippen LogP) is -0.703. The zero-order valence-electron chi connectivity index (χ0n) is 7.20. The second kappa shape index (κ2) is 5.08. The number of aromatic nitrogens is 2. The molecule has 0 aromatic carbocycles. The van der Waals surface area contributed by atoms with Crippen LogP contribution < -0.4 is 10.9 Å². The van der Waals surface area contributed by atoms with E-state index in [0.717, 1.165) is 0 Å². The van der Waals surface area contributed by atoms with E-state index in [1.807, 2.05) is 0 Å². The number of anilines is 1. The van der Waals surface area contributed by atoms with E-state index in [2.05, 4.69) is 31.4 Å². The summed E-state index contributed by atoms with van der Waals surface area (Å²) in [6.07, 6.45) is 0.552. The molecular formula is C7H10BrN3O3. The molecule has 0 bridgehead atoms. The second-order valence-corrected chi connectivity index (χ2v) is 3.44. The molecule has 7 heteroatoms. The maximum absolute atomic E-state index is 11.0. The molecule has 1 atom stereocenters. The maximum Gasteiger partial charge on any atom is 0.280 e. The number of rotatable bonds is 4. The minimum absolute atomic E-state index is 0.153. The summed E-state index contributed by atoms with van der Waals surface area (Å²) in [6.45, 7) is -0.179. The highest BCUT2D eigenvalue weighted by atomic mass is 79.9. The first-order chi connectivity index (χ1) is 6.65. The molecule has 0 amide bonds. The number of nitrogens with zero attached hydrogens (tertiary/aromatic N) is 1. The monoisotopic (exact) mass is 263 g/mol. The van der Waals surface area contributed by atoms with Crippen molar-refractivity contribution >= 4 is 21.6 Å². The Morgan fingerprint density at radius 3 is 3.07 bits per heavy atom. The van der Waals surface area contributed by atoms with Gasteiger partial charge in [0.25, 0.3) is 5.56 Å². The number of H-pyrrole nitrogens is 1. The molecule has 0 saturated carbocycles. The lowest BCUT2D eigenvalue weighted by Gasteiger charge is -2.10. The Labute approximate surface area is 88.1 Å². The van der Waals surface area contributed by atoms with Crippen LogP contribution in [0.5, 0.6) is 0 Å². The highest BCUT2D eigenvalue weighted by Crippen LogP contribution is 2.14. The summed E-state index contributed by atoms with van der Waals surface area (Å²) in [4.78, 5) is 11.0. The molecule has 1 aromatic heterocycles. The molecule has 1 rings (SSSR count). The first-order valence-electron chi connectivity index (χ1n) is 3.91. The largest absolute Gasteiger partial charge is 0.394 e. The Hall–Kier alpha value is -0.920. The summed E-state index contributed by atoms with van der Waals surface area (Å²) in [5.74, 6) is 0. The summed E-state index contributed by atoms with van der Waals surface area (Å²) in [7, 11) is 0. The summed E-state index contributed by atoms with van der Waals surface area (Å²) in [6, 6.07) is 0. The van der Waals surface area contributed by atoms with E-state index < -0.39 is 6.10 Å². The van der Waals surface area contributed by atoms with E-state index in [4.69, 9.17) is 10.2 Å². The van der Waals surface area contributed by atoms with Gasteiger partial charge in [-0.15, -0.1) is 0 Å². The van der Waals surface area contributed by atoms with Gasteiger partial charge >= 0.3 is 0 Å². The van der Waals surface area contributed by atoms with Gasteiger partial charge in [0.05, 0.1) is 24.6 Å². The minimum Gasteiger partial charge on any atom is -0.394 e. The van der Waals surface area contributed by atoms with Gasteiger partial charge in [0.15, 0.2) is 0 Å². The first kappa shape index (κ1) is 11.2. The van der Waals surface area contributed by atoms with Gasteiger partial charge in [-0.25, -0.2) is 5.10 Å². The molecule has 1 unspecified atom stereocenters.